The fraction of sp³-hybridized carbons (Fsp3) is 0.704. The maximum absolute atomic E-state index is 2.41. The molecule has 0 saturated carbocycles. The fourth-order valence-electron chi connectivity index (χ4n) is 3.96. The molecule has 0 aliphatic rings. The van der Waals surface area contributed by atoms with Gasteiger partial charge in [-0.2, -0.15) is 0 Å². The topological polar surface area (TPSA) is 3.24 Å². The Hall–Kier alpha value is -0.790. The minimum absolute atomic E-state index is 0. The highest BCUT2D eigenvalue weighted by Crippen LogP contribution is 2.21. The van der Waals surface area contributed by atoms with Crippen molar-refractivity contribution in [2.45, 2.75) is 96.8 Å². The molecule has 0 N–H and O–H groups in total. The third kappa shape index (κ3) is 17.8. The third-order valence-corrected chi connectivity index (χ3v) is 5.76. The molecular weight excluding hydrogens is 374 g/mol. The van der Waals surface area contributed by atoms with Gasteiger partial charge in [0.1, 0.15) is 0 Å². The third-order valence-electron chi connectivity index (χ3n) is 5.76. The van der Waals surface area contributed by atoms with Crippen LogP contribution in [0.15, 0.2) is 36.4 Å². The number of allylic oxidation sites excluding steroid dienone is 1. The molecule has 0 spiro atoms. The number of nitrogens with zero attached hydrogens (tertiary/aromatic N) is 1. The average molecular weight is 422 g/mol. The molecule has 0 radical (unpaired) electrons. The first kappa shape index (κ1) is 28.2. The van der Waals surface area contributed by atoms with Crippen molar-refractivity contribution in [1.82, 2.24) is 4.90 Å². The standard InChI is InChI=1S/C27H47N.ClH/c1-4-5-6-7-8-9-10-11-12-14-19-27(24-18-25-28(2)3)23-17-22-26-20-15-13-16-21-26;/h13,15-17,20-22,27H,4-12,14,18-19,23-25H2,1-3H3;1H. The Morgan fingerprint density at radius 3 is 1.90 bits per heavy atom. The van der Waals surface area contributed by atoms with Gasteiger partial charge in [-0.05, 0) is 51.4 Å². The van der Waals surface area contributed by atoms with Gasteiger partial charge in [-0.15, -0.1) is 12.4 Å². The van der Waals surface area contributed by atoms with Gasteiger partial charge in [-0.1, -0.05) is 120 Å². The van der Waals surface area contributed by atoms with Gasteiger partial charge in [-0.25, -0.2) is 0 Å². The highest BCUT2D eigenvalue weighted by atomic mass is 35.5. The number of halogens is 1. The molecule has 2 heteroatoms. The molecule has 29 heavy (non-hydrogen) atoms. The SMILES string of the molecule is CCCCCCCCCCCCC(CC=Cc1ccccc1)CCCN(C)C.Cl. The van der Waals surface area contributed by atoms with E-state index in [2.05, 4.69) is 68.4 Å². The zero-order valence-electron chi connectivity index (χ0n) is 19.6. The lowest BCUT2D eigenvalue weighted by atomic mass is 9.92. The quantitative estimate of drug-likeness (QED) is 0.214. The van der Waals surface area contributed by atoms with Crippen LogP contribution in [-0.4, -0.2) is 25.5 Å². The van der Waals surface area contributed by atoms with Crippen molar-refractivity contribution in [1.29, 1.82) is 0 Å². The van der Waals surface area contributed by atoms with Crippen molar-refractivity contribution >= 4 is 18.5 Å². The van der Waals surface area contributed by atoms with Crippen molar-refractivity contribution in [3.63, 3.8) is 0 Å². The second-order valence-electron chi connectivity index (χ2n) is 8.83. The van der Waals surface area contributed by atoms with E-state index in [1.54, 1.807) is 0 Å². The van der Waals surface area contributed by atoms with Crippen LogP contribution in [0.3, 0.4) is 0 Å². The fourth-order valence-corrected chi connectivity index (χ4v) is 3.96. The Morgan fingerprint density at radius 1 is 0.759 bits per heavy atom. The van der Waals surface area contributed by atoms with Gasteiger partial charge in [0.15, 0.2) is 0 Å². The molecule has 0 aliphatic heterocycles. The molecule has 0 amide bonds. The van der Waals surface area contributed by atoms with Crippen LogP contribution in [0.25, 0.3) is 6.08 Å². The minimum atomic E-state index is 0. The summed E-state index contributed by atoms with van der Waals surface area (Å²) in [6.07, 6.45) is 24.4. The maximum atomic E-state index is 2.41. The molecule has 0 aromatic heterocycles. The molecule has 1 aromatic carbocycles. The second-order valence-corrected chi connectivity index (χ2v) is 8.83. The Morgan fingerprint density at radius 2 is 1.31 bits per heavy atom. The molecule has 0 bridgehead atoms. The van der Waals surface area contributed by atoms with Crippen molar-refractivity contribution in [3.05, 3.63) is 42.0 Å². The van der Waals surface area contributed by atoms with Gasteiger partial charge in [0, 0.05) is 0 Å². The minimum Gasteiger partial charge on any atom is -0.309 e. The van der Waals surface area contributed by atoms with Gasteiger partial charge in [0.2, 0.25) is 0 Å². The van der Waals surface area contributed by atoms with E-state index < -0.39 is 0 Å². The molecule has 1 nitrogen and oxygen atoms in total. The van der Waals surface area contributed by atoms with Crippen LogP contribution in [0.4, 0.5) is 0 Å². The summed E-state index contributed by atoms with van der Waals surface area (Å²) in [7, 11) is 4.37. The maximum Gasteiger partial charge on any atom is -0.00247 e. The van der Waals surface area contributed by atoms with E-state index in [1.807, 2.05) is 0 Å². The molecule has 1 unspecified atom stereocenters. The first-order valence-corrected chi connectivity index (χ1v) is 12.1. The Bertz CT molecular complexity index is 469. The lowest BCUT2D eigenvalue weighted by Crippen LogP contribution is -2.14. The van der Waals surface area contributed by atoms with Crippen LogP contribution in [0.1, 0.15) is 102 Å². The highest BCUT2D eigenvalue weighted by Gasteiger charge is 2.07. The van der Waals surface area contributed by atoms with Crippen molar-refractivity contribution in [3.8, 4) is 0 Å². The number of unbranched alkanes of at least 4 members (excludes halogenated alkanes) is 9. The summed E-state index contributed by atoms with van der Waals surface area (Å²) in [6, 6.07) is 10.7. The van der Waals surface area contributed by atoms with Crippen LogP contribution < -0.4 is 0 Å². The molecular formula is C27H48ClN. The van der Waals surface area contributed by atoms with E-state index in [4.69, 9.17) is 0 Å². The smallest absolute Gasteiger partial charge is 0.00247 e. The van der Waals surface area contributed by atoms with Gasteiger partial charge in [0.05, 0.1) is 0 Å². The number of rotatable bonds is 18. The van der Waals surface area contributed by atoms with Gasteiger partial charge < -0.3 is 4.90 Å². The van der Waals surface area contributed by atoms with E-state index in [0.29, 0.717) is 0 Å². The first-order chi connectivity index (χ1) is 13.7. The van der Waals surface area contributed by atoms with Gasteiger partial charge in [0.25, 0.3) is 0 Å². The summed E-state index contributed by atoms with van der Waals surface area (Å²) in [5, 5.41) is 0. The number of benzene rings is 1. The first-order valence-electron chi connectivity index (χ1n) is 12.1. The molecule has 0 aliphatic carbocycles. The molecule has 1 atom stereocenters. The Labute approximate surface area is 188 Å². The lowest BCUT2D eigenvalue weighted by molar-refractivity contribution is 0.351. The molecule has 1 aromatic rings. The van der Waals surface area contributed by atoms with Gasteiger partial charge >= 0.3 is 0 Å². The zero-order chi connectivity index (χ0) is 20.3. The highest BCUT2D eigenvalue weighted by molar-refractivity contribution is 5.85. The zero-order valence-corrected chi connectivity index (χ0v) is 20.4. The van der Waals surface area contributed by atoms with Crippen LogP contribution >= 0.6 is 12.4 Å². The molecule has 0 fully saturated rings. The molecule has 0 heterocycles. The normalized spacial score (nSPS) is 12.4. The van der Waals surface area contributed by atoms with E-state index in [-0.39, 0.29) is 12.4 Å². The van der Waals surface area contributed by atoms with Crippen LogP contribution in [0.5, 0.6) is 0 Å². The van der Waals surface area contributed by atoms with E-state index in [9.17, 15) is 0 Å². The summed E-state index contributed by atoms with van der Waals surface area (Å²) < 4.78 is 0. The summed E-state index contributed by atoms with van der Waals surface area (Å²) in [5.74, 6) is 0.856. The second kappa shape index (κ2) is 20.5. The van der Waals surface area contributed by atoms with E-state index in [0.717, 1.165) is 5.92 Å². The average Bonchev–Trinajstić information content (AvgIpc) is 2.69. The Balaban J connectivity index is 0.00000784. The van der Waals surface area contributed by atoms with Crippen LogP contribution in [-0.2, 0) is 0 Å². The summed E-state index contributed by atoms with van der Waals surface area (Å²) in [5.41, 5.74) is 1.33. The van der Waals surface area contributed by atoms with E-state index in [1.165, 1.54) is 102 Å². The predicted molar refractivity (Wildman–Crippen MR) is 135 cm³/mol. The monoisotopic (exact) mass is 421 g/mol. The van der Waals surface area contributed by atoms with Crippen LogP contribution in [0, 0.1) is 5.92 Å². The molecule has 168 valence electrons. The Kier molecular flexibility index (Phi) is 19.9. The van der Waals surface area contributed by atoms with Crippen LogP contribution in [0.2, 0.25) is 0 Å². The summed E-state index contributed by atoms with van der Waals surface area (Å²) >= 11 is 0. The molecule has 1 rings (SSSR count). The number of hydrogen-bond donors (Lipinski definition) is 0. The number of hydrogen-bond acceptors (Lipinski definition) is 1. The van der Waals surface area contributed by atoms with Gasteiger partial charge in [-0.3, -0.25) is 0 Å². The van der Waals surface area contributed by atoms with Crippen molar-refractivity contribution in [2.24, 2.45) is 5.92 Å². The lowest BCUT2D eigenvalue weighted by Gasteiger charge is -2.17. The molecule has 0 saturated heterocycles. The largest absolute Gasteiger partial charge is 0.309 e. The van der Waals surface area contributed by atoms with Crippen molar-refractivity contribution < 1.29 is 0 Å². The summed E-state index contributed by atoms with van der Waals surface area (Å²) in [6.45, 7) is 3.52. The van der Waals surface area contributed by atoms with E-state index >= 15 is 0 Å². The van der Waals surface area contributed by atoms with Crippen molar-refractivity contribution in [2.75, 3.05) is 20.6 Å². The summed E-state index contributed by atoms with van der Waals surface area (Å²) in [4.78, 5) is 2.32. The predicted octanol–water partition coefficient (Wildman–Crippen LogP) is 8.78.